The van der Waals surface area contributed by atoms with Crippen LogP contribution in [0.3, 0.4) is 0 Å². The van der Waals surface area contributed by atoms with Crippen LogP contribution in [0.4, 0.5) is 19.0 Å². The third kappa shape index (κ3) is 3.13. The topological polar surface area (TPSA) is 49.1 Å². The minimum atomic E-state index is -4.54. The van der Waals surface area contributed by atoms with E-state index < -0.39 is 11.9 Å². The Labute approximate surface area is 133 Å². The van der Waals surface area contributed by atoms with Crippen molar-refractivity contribution in [3.05, 3.63) is 23.4 Å². The molecule has 2 rings (SSSR count). The average Bonchev–Trinajstić information content (AvgIpc) is 2.48. The van der Waals surface area contributed by atoms with Crippen LogP contribution in [0.1, 0.15) is 38.4 Å². The molecule has 1 fully saturated rings. The minimum absolute atomic E-state index is 0.0397. The van der Waals surface area contributed by atoms with E-state index in [4.69, 9.17) is 4.74 Å². The largest absolute Gasteiger partial charge is 0.433 e. The molecule has 7 heteroatoms. The third-order valence-corrected chi connectivity index (χ3v) is 4.58. The second-order valence-electron chi connectivity index (χ2n) is 6.30. The van der Waals surface area contributed by atoms with Gasteiger partial charge in [0.15, 0.2) is 0 Å². The summed E-state index contributed by atoms with van der Waals surface area (Å²) in [7, 11) is 1.68. The van der Waals surface area contributed by atoms with Gasteiger partial charge in [-0.15, -0.1) is 0 Å². The molecule has 1 aliphatic rings. The monoisotopic (exact) mass is 327 g/mol. The third-order valence-electron chi connectivity index (χ3n) is 4.58. The van der Waals surface area contributed by atoms with Gasteiger partial charge in [0.1, 0.15) is 17.6 Å². The summed E-state index contributed by atoms with van der Waals surface area (Å²) in [6, 6.07) is 3.89. The minimum Gasteiger partial charge on any atom is -0.378 e. The van der Waals surface area contributed by atoms with Gasteiger partial charge < -0.3 is 9.64 Å². The summed E-state index contributed by atoms with van der Waals surface area (Å²) in [6.07, 6.45) is -3.79. The van der Waals surface area contributed by atoms with Crippen LogP contribution in [-0.2, 0) is 10.9 Å². The molecule has 0 radical (unpaired) electrons. The number of rotatable bonds is 4. The van der Waals surface area contributed by atoms with Crippen molar-refractivity contribution >= 4 is 5.82 Å². The van der Waals surface area contributed by atoms with Gasteiger partial charge in [-0.25, -0.2) is 4.98 Å². The highest BCUT2D eigenvalue weighted by Gasteiger charge is 2.51. The fourth-order valence-corrected chi connectivity index (χ4v) is 3.12. The van der Waals surface area contributed by atoms with Crippen LogP contribution in [-0.4, -0.2) is 30.8 Å². The molecular weight excluding hydrogens is 307 g/mol. The summed E-state index contributed by atoms with van der Waals surface area (Å²) in [4.78, 5) is 5.36. The highest BCUT2D eigenvalue weighted by atomic mass is 19.4. The first kappa shape index (κ1) is 17.5. The van der Waals surface area contributed by atoms with Crippen molar-refractivity contribution in [2.75, 3.05) is 18.6 Å². The van der Waals surface area contributed by atoms with Gasteiger partial charge in [0.2, 0.25) is 0 Å². The Morgan fingerprint density at radius 3 is 2.57 bits per heavy atom. The van der Waals surface area contributed by atoms with Crippen LogP contribution < -0.4 is 4.90 Å². The van der Waals surface area contributed by atoms with Gasteiger partial charge in [0.25, 0.3) is 0 Å². The van der Waals surface area contributed by atoms with Crippen molar-refractivity contribution in [1.29, 1.82) is 5.26 Å². The molecule has 1 aliphatic carbocycles. The molecule has 1 aromatic rings. The quantitative estimate of drug-likeness (QED) is 0.847. The zero-order valence-electron chi connectivity index (χ0n) is 13.6. The molecule has 126 valence electrons. The fourth-order valence-electron chi connectivity index (χ4n) is 3.12. The maximum Gasteiger partial charge on any atom is 0.433 e. The summed E-state index contributed by atoms with van der Waals surface area (Å²) in [6.45, 7) is 6.53. The molecule has 0 aliphatic heterocycles. The van der Waals surface area contributed by atoms with Crippen LogP contribution in [0, 0.1) is 16.7 Å². The zero-order valence-corrected chi connectivity index (χ0v) is 13.6. The van der Waals surface area contributed by atoms with Gasteiger partial charge in [-0.05, 0) is 25.5 Å². The Balaban J connectivity index is 2.33. The van der Waals surface area contributed by atoms with Gasteiger partial charge >= 0.3 is 6.18 Å². The number of ether oxygens (including phenoxy) is 1. The number of nitriles is 1. The number of nitrogens with zero attached hydrogens (tertiary/aromatic N) is 3. The molecule has 23 heavy (non-hydrogen) atoms. The Bertz CT molecular complexity index is 622. The SMILES string of the molecule is CCOC1CC(N(C)c2nc(C(F)(F)F)ccc2C#N)C1(C)C. The number of alkyl halides is 3. The predicted molar refractivity (Wildman–Crippen MR) is 80.0 cm³/mol. The summed E-state index contributed by atoms with van der Waals surface area (Å²) < 4.78 is 44.3. The molecule has 0 spiro atoms. The smallest absolute Gasteiger partial charge is 0.378 e. The van der Waals surface area contributed by atoms with Crippen molar-refractivity contribution in [3.63, 3.8) is 0 Å². The van der Waals surface area contributed by atoms with Crippen LogP contribution in [0.2, 0.25) is 0 Å². The maximum absolute atomic E-state index is 12.9. The second kappa shape index (κ2) is 6.00. The Hall–Kier alpha value is -1.81. The molecule has 0 saturated heterocycles. The van der Waals surface area contributed by atoms with Crippen LogP contribution in [0.5, 0.6) is 0 Å². The normalized spacial score (nSPS) is 23.0. The van der Waals surface area contributed by atoms with Crippen molar-refractivity contribution in [3.8, 4) is 6.07 Å². The van der Waals surface area contributed by atoms with E-state index in [0.29, 0.717) is 13.0 Å². The fraction of sp³-hybridized carbons (Fsp3) is 0.625. The number of hydrogen-bond acceptors (Lipinski definition) is 4. The predicted octanol–water partition coefficient (Wildman–Crippen LogP) is 3.61. The Morgan fingerprint density at radius 1 is 1.43 bits per heavy atom. The zero-order chi connectivity index (χ0) is 17.4. The van der Waals surface area contributed by atoms with Gasteiger partial charge in [0, 0.05) is 25.1 Å². The first-order valence-corrected chi connectivity index (χ1v) is 7.45. The van der Waals surface area contributed by atoms with Crippen LogP contribution in [0.25, 0.3) is 0 Å². The van der Waals surface area contributed by atoms with Crippen molar-refractivity contribution in [2.24, 2.45) is 5.41 Å². The summed E-state index contributed by atoms with van der Waals surface area (Å²) in [5.74, 6) is 0.0651. The maximum atomic E-state index is 12.9. The molecule has 2 atom stereocenters. The molecule has 0 amide bonds. The van der Waals surface area contributed by atoms with E-state index >= 15 is 0 Å². The van der Waals surface area contributed by atoms with Gasteiger partial charge in [-0.3, -0.25) is 0 Å². The molecule has 0 aromatic carbocycles. The van der Waals surface area contributed by atoms with Gasteiger partial charge in [-0.1, -0.05) is 13.8 Å². The van der Waals surface area contributed by atoms with Crippen LogP contribution >= 0.6 is 0 Å². The molecular formula is C16H20F3N3O. The van der Waals surface area contributed by atoms with Gasteiger partial charge in [-0.2, -0.15) is 18.4 Å². The number of pyridine rings is 1. The summed E-state index contributed by atoms with van der Waals surface area (Å²) in [5, 5.41) is 9.18. The number of halogens is 3. The van der Waals surface area contributed by atoms with Crippen molar-refractivity contribution in [1.82, 2.24) is 4.98 Å². The lowest BCUT2D eigenvalue weighted by atomic mass is 9.63. The molecule has 1 saturated carbocycles. The second-order valence-corrected chi connectivity index (χ2v) is 6.30. The first-order chi connectivity index (χ1) is 10.6. The van der Waals surface area contributed by atoms with Gasteiger partial charge in [0.05, 0.1) is 11.7 Å². The highest BCUT2D eigenvalue weighted by Crippen LogP contribution is 2.46. The van der Waals surface area contributed by atoms with E-state index in [1.165, 1.54) is 6.07 Å². The standard InChI is InChI=1S/C16H20F3N3O/c1-5-23-13-8-12(15(13,2)3)22(4)14-10(9-20)6-7-11(21-14)16(17,18)19/h6-7,12-13H,5,8H2,1-4H3. The molecule has 1 heterocycles. The lowest BCUT2D eigenvalue weighted by Crippen LogP contribution is -2.61. The van der Waals surface area contributed by atoms with E-state index in [2.05, 4.69) is 4.98 Å². The number of anilines is 1. The van der Waals surface area contributed by atoms with Crippen LogP contribution in [0.15, 0.2) is 12.1 Å². The Morgan fingerprint density at radius 2 is 2.09 bits per heavy atom. The first-order valence-electron chi connectivity index (χ1n) is 7.45. The van der Waals surface area contributed by atoms with E-state index in [-0.39, 0.29) is 28.9 Å². The van der Waals surface area contributed by atoms with Crippen molar-refractivity contribution in [2.45, 2.75) is 45.5 Å². The van der Waals surface area contributed by atoms with E-state index in [1.807, 2.05) is 26.8 Å². The summed E-state index contributed by atoms with van der Waals surface area (Å²) >= 11 is 0. The van der Waals surface area contributed by atoms with E-state index in [9.17, 15) is 18.4 Å². The average molecular weight is 327 g/mol. The molecule has 2 unspecified atom stereocenters. The van der Waals surface area contributed by atoms with Crippen molar-refractivity contribution < 1.29 is 17.9 Å². The molecule has 0 bridgehead atoms. The molecule has 1 aromatic heterocycles. The Kier molecular flexibility index (Phi) is 4.58. The number of aromatic nitrogens is 1. The van der Waals surface area contributed by atoms with E-state index in [1.54, 1.807) is 11.9 Å². The highest BCUT2D eigenvalue weighted by molar-refractivity contribution is 5.55. The lowest BCUT2D eigenvalue weighted by molar-refractivity contribution is -0.141. The number of hydrogen-bond donors (Lipinski definition) is 0. The molecule has 0 N–H and O–H groups in total. The van der Waals surface area contributed by atoms with E-state index in [0.717, 1.165) is 6.07 Å². The lowest BCUT2D eigenvalue weighted by Gasteiger charge is -2.55. The molecule has 4 nitrogen and oxygen atoms in total. The summed E-state index contributed by atoms with van der Waals surface area (Å²) in [5.41, 5.74) is -1.08.